The lowest BCUT2D eigenvalue weighted by Crippen LogP contribution is -2.40. The van der Waals surface area contributed by atoms with Crippen LogP contribution in [0.1, 0.15) is 24.0 Å². The SMILES string of the molecule is O=C(NCCSCc1c(F)cccc1Cl)C1CCN(Cc2ccc(Cl)c(Cl)c2)CC1. The van der Waals surface area contributed by atoms with E-state index in [4.69, 9.17) is 34.8 Å². The highest BCUT2D eigenvalue weighted by molar-refractivity contribution is 7.98. The van der Waals surface area contributed by atoms with E-state index in [-0.39, 0.29) is 17.6 Å². The molecule has 0 aromatic heterocycles. The van der Waals surface area contributed by atoms with Crippen LogP contribution in [0, 0.1) is 11.7 Å². The first kappa shape index (κ1) is 23.7. The second kappa shape index (κ2) is 11.6. The molecule has 8 heteroatoms. The predicted molar refractivity (Wildman–Crippen MR) is 125 cm³/mol. The number of piperidine rings is 1. The van der Waals surface area contributed by atoms with E-state index in [9.17, 15) is 9.18 Å². The summed E-state index contributed by atoms with van der Waals surface area (Å²) < 4.78 is 13.8. The lowest BCUT2D eigenvalue weighted by molar-refractivity contribution is -0.126. The molecule has 0 unspecified atom stereocenters. The van der Waals surface area contributed by atoms with Crippen molar-refractivity contribution < 1.29 is 9.18 Å². The van der Waals surface area contributed by atoms with Crippen LogP contribution < -0.4 is 5.32 Å². The van der Waals surface area contributed by atoms with Gasteiger partial charge in [-0.1, -0.05) is 46.9 Å². The van der Waals surface area contributed by atoms with Crippen LogP contribution in [0.5, 0.6) is 0 Å². The highest BCUT2D eigenvalue weighted by atomic mass is 35.5. The number of likely N-dealkylation sites (tertiary alicyclic amines) is 1. The number of halogens is 4. The summed E-state index contributed by atoms with van der Waals surface area (Å²) in [6, 6.07) is 10.4. The molecule has 0 atom stereocenters. The van der Waals surface area contributed by atoms with E-state index in [0.29, 0.717) is 38.7 Å². The summed E-state index contributed by atoms with van der Waals surface area (Å²) in [5.41, 5.74) is 1.64. The number of hydrogen-bond donors (Lipinski definition) is 1. The Labute approximate surface area is 196 Å². The summed E-state index contributed by atoms with van der Waals surface area (Å²) in [5, 5.41) is 4.58. The smallest absolute Gasteiger partial charge is 0.223 e. The number of nitrogens with zero attached hydrogens (tertiary/aromatic N) is 1. The molecule has 162 valence electrons. The number of nitrogens with one attached hydrogen (secondary N) is 1. The predicted octanol–water partition coefficient (Wildman–Crippen LogP) is 6.05. The normalized spacial score (nSPS) is 15.3. The van der Waals surface area contributed by atoms with Crippen molar-refractivity contribution in [3.05, 3.63) is 68.4 Å². The van der Waals surface area contributed by atoms with Gasteiger partial charge in [-0.2, -0.15) is 11.8 Å². The Bertz CT molecular complexity index is 855. The summed E-state index contributed by atoms with van der Waals surface area (Å²) >= 11 is 19.6. The van der Waals surface area contributed by atoms with E-state index < -0.39 is 0 Å². The van der Waals surface area contributed by atoms with Gasteiger partial charge in [-0.3, -0.25) is 9.69 Å². The molecule has 1 aliphatic heterocycles. The molecule has 1 fully saturated rings. The van der Waals surface area contributed by atoms with Crippen molar-refractivity contribution in [1.29, 1.82) is 0 Å². The van der Waals surface area contributed by atoms with E-state index in [0.717, 1.165) is 38.0 Å². The molecule has 1 saturated heterocycles. The molecular formula is C22H24Cl3FN2OS. The molecule has 2 aromatic carbocycles. The number of thioether (sulfide) groups is 1. The third-order valence-corrected chi connectivity index (χ3v) is 7.28. The topological polar surface area (TPSA) is 32.3 Å². The molecule has 0 bridgehead atoms. The maximum Gasteiger partial charge on any atom is 0.223 e. The molecule has 1 amide bonds. The number of hydrogen-bond acceptors (Lipinski definition) is 3. The number of amides is 1. The van der Waals surface area contributed by atoms with Crippen molar-refractivity contribution in [1.82, 2.24) is 10.2 Å². The van der Waals surface area contributed by atoms with E-state index >= 15 is 0 Å². The fourth-order valence-corrected chi connectivity index (χ4v) is 5.00. The van der Waals surface area contributed by atoms with Gasteiger partial charge < -0.3 is 5.32 Å². The van der Waals surface area contributed by atoms with Gasteiger partial charge in [-0.05, 0) is 55.8 Å². The van der Waals surface area contributed by atoms with Crippen molar-refractivity contribution in [2.45, 2.75) is 25.1 Å². The van der Waals surface area contributed by atoms with E-state index in [1.807, 2.05) is 18.2 Å². The summed E-state index contributed by atoms with van der Waals surface area (Å²) in [6.07, 6.45) is 1.68. The quantitative estimate of drug-likeness (QED) is 0.458. The lowest BCUT2D eigenvalue weighted by Gasteiger charge is -2.31. The van der Waals surface area contributed by atoms with Crippen LogP contribution in [0.4, 0.5) is 4.39 Å². The largest absolute Gasteiger partial charge is 0.355 e. The molecule has 0 saturated carbocycles. The molecule has 3 nitrogen and oxygen atoms in total. The van der Waals surface area contributed by atoms with Gasteiger partial charge in [0.15, 0.2) is 0 Å². The van der Waals surface area contributed by atoms with Crippen molar-refractivity contribution in [3.63, 3.8) is 0 Å². The third-order valence-electron chi connectivity index (χ3n) is 5.20. The minimum Gasteiger partial charge on any atom is -0.355 e. The van der Waals surface area contributed by atoms with E-state index in [2.05, 4.69) is 10.2 Å². The van der Waals surface area contributed by atoms with Gasteiger partial charge in [-0.25, -0.2) is 4.39 Å². The van der Waals surface area contributed by atoms with E-state index in [1.165, 1.54) is 6.07 Å². The van der Waals surface area contributed by atoms with Gasteiger partial charge in [0.05, 0.1) is 10.0 Å². The molecule has 1 N–H and O–H groups in total. The Balaban J connectivity index is 1.33. The first-order valence-corrected chi connectivity index (χ1v) is 12.2. The third kappa shape index (κ3) is 6.76. The monoisotopic (exact) mass is 488 g/mol. The maximum atomic E-state index is 13.8. The fourth-order valence-electron chi connectivity index (χ4n) is 3.48. The van der Waals surface area contributed by atoms with Gasteiger partial charge in [0.25, 0.3) is 0 Å². The van der Waals surface area contributed by atoms with Crippen LogP contribution in [-0.4, -0.2) is 36.2 Å². The highest BCUT2D eigenvalue weighted by Crippen LogP contribution is 2.25. The Morgan fingerprint density at radius 1 is 1.10 bits per heavy atom. The van der Waals surface area contributed by atoms with E-state index in [1.54, 1.807) is 23.9 Å². The zero-order valence-electron chi connectivity index (χ0n) is 16.5. The molecule has 0 radical (unpaired) electrons. The number of carbonyl (C=O) groups excluding carboxylic acids is 1. The van der Waals surface area contributed by atoms with Crippen molar-refractivity contribution >= 4 is 52.5 Å². The Kier molecular flexibility index (Phi) is 9.14. The van der Waals surface area contributed by atoms with Crippen molar-refractivity contribution in [2.75, 3.05) is 25.4 Å². The number of carbonyl (C=O) groups is 1. The standard InChI is InChI=1S/C22H24Cl3FN2OS/c23-18-2-1-3-21(26)17(18)14-30-11-8-27-22(29)16-6-9-28(10-7-16)13-15-4-5-19(24)20(25)12-15/h1-5,12,16H,6-11,13-14H2,(H,27,29). The first-order valence-electron chi connectivity index (χ1n) is 9.88. The van der Waals surface area contributed by atoms with Crippen molar-refractivity contribution in [3.8, 4) is 0 Å². The first-order chi connectivity index (χ1) is 14.4. The van der Waals surface area contributed by atoms with Gasteiger partial charge in [0.1, 0.15) is 5.82 Å². The second-order valence-electron chi connectivity index (χ2n) is 7.34. The van der Waals surface area contributed by atoms with Crippen LogP contribution in [-0.2, 0) is 17.1 Å². The van der Waals surface area contributed by atoms with Crippen molar-refractivity contribution in [2.24, 2.45) is 5.92 Å². The van der Waals surface area contributed by atoms with Gasteiger partial charge >= 0.3 is 0 Å². The second-order valence-corrected chi connectivity index (χ2v) is 9.67. The van der Waals surface area contributed by atoms with Crippen LogP contribution >= 0.6 is 46.6 Å². The molecule has 2 aromatic rings. The highest BCUT2D eigenvalue weighted by Gasteiger charge is 2.24. The van der Waals surface area contributed by atoms with Gasteiger partial charge in [0.2, 0.25) is 5.91 Å². The molecule has 1 heterocycles. The Hall–Kier alpha value is -0.980. The van der Waals surface area contributed by atoms with Gasteiger partial charge in [-0.15, -0.1) is 0 Å². The summed E-state index contributed by atoms with van der Waals surface area (Å²) in [7, 11) is 0. The average molecular weight is 490 g/mol. The summed E-state index contributed by atoms with van der Waals surface area (Å²) in [6.45, 7) is 3.12. The zero-order valence-corrected chi connectivity index (χ0v) is 19.6. The van der Waals surface area contributed by atoms with Crippen LogP contribution in [0.2, 0.25) is 15.1 Å². The summed E-state index contributed by atoms with van der Waals surface area (Å²) in [5.74, 6) is 1.07. The molecule has 0 aliphatic carbocycles. The Morgan fingerprint density at radius 2 is 1.87 bits per heavy atom. The van der Waals surface area contributed by atoms with Crippen LogP contribution in [0.3, 0.4) is 0 Å². The molecular weight excluding hydrogens is 466 g/mol. The molecule has 0 spiro atoms. The maximum absolute atomic E-state index is 13.8. The Morgan fingerprint density at radius 3 is 2.57 bits per heavy atom. The molecule has 3 rings (SSSR count). The summed E-state index contributed by atoms with van der Waals surface area (Å²) in [4.78, 5) is 14.8. The minimum atomic E-state index is -0.285. The van der Waals surface area contributed by atoms with Crippen LogP contribution in [0.25, 0.3) is 0 Å². The molecule has 30 heavy (non-hydrogen) atoms. The lowest BCUT2D eigenvalue weighted by atomic mass is 9.95. The van der Waals surface area contributed by atoms with Gasteiger partial charge in [0, 0.05) is 41.1 Å². The number of rotatable bonds is 8. The van der Waals surface area contributed by atoms with Crippen LogP contribution in [0.15, 0.2) is 36.4 Å². The average Bonchev–Trinajstić information content (AvgIpc) is 2.73. The number of benzene rings is 2. The zero-order chi connectivity index (χ0) is 21.5. The molecule has 1 aliphatic rings. The fraction of sp³-hybridized carbons (Fsp3) is 0.409. The minimum absolute atomic E-state index is 0.0427.